The fourth-order valence-electron chi connectivity index (χ4n) is 4.66. The second kappa shape index (κ2) is 12.3. The van der Waals surface area contributed by atoms with E-state index < -0.39 is 35.2 Å². The van der Waals surface area contributed by atoms with Gasteiger partial charge in [-0.1, -0.05) is 29.8 Å². The number of nitrogens with zero attached hydrogens (tertiary/aromatic N) is 4. The number of fused-ring (bicyclic) bond motifs is 1. The molecule has 0 aliphatic carbocycles. The molecule has 0 bridgehead atoms. The number of hydrogen-bond acceptors (Lipinski definition) is 8. The van der Waals surface area contributed by atoms with Crippen LogP contribution in [0.15, 0.2) is 85.0 Å². The Kier molecular flexibility index (Phi) is 7.73. The van der Waals surface area contributed by atoms with Crippen LogP contribution in [-0.4, -0.2) is 15.0 Å². The van der Waals surface area contributed by atoms with Crippen molar-refractivity contribution in [3.63, 3.8) is 0 Å². The van der Waals surface area contributed by atoms with Crippen molar-refractivity contribution in [1.82, 2.24) is 25.9 Å². The van der Waals surface area contributed by atoms with E-state index in [-0.39, 0.29) is 61.9 Å². The van der Waals surface area contributed by atoms with Gasteiger partial charge in [0.25, 0.3) is 0 Å². The van der Waals surface area contributed by atoms with E-state index in [9.17, 15) is 28.6 Å². The van der Waals surface area contributed by atoms with Crippen LogP contribution in [0.4, 0.5) is 39.0 Å². The van der Waals surface area contributed by atoms with E-state index in [2.05, 4.69) is 31.6 Å². The lowest BCUT2D eigenvalue weighted by molar-refractivity contribution is 0.255. The molecule has 1 aliphatic heterocycles. The minimum absolute atomic E-state index is 0.0382. The van der Waals surface area contributed by atoms with Gasteiger partial charge in [0.1, 0.15) is 23.5 Å². The molecule has 1 aliphatic rings. The summed E-state index contributed by atoms with van der Waals surface area (Å²) in [6.45, 7) is -0.243. The van der Waals surface area contributed by atoms with Crippen molar-refractivity contribution in [1.29, 1.82) is 5.26 Å². The summed E-state index contributed by atoms with van der Waals surface area (Å²) < 4.78 is 79.6. The van der Waals surface area contributed by atoms with Crippen LogP contribution in [0.5, 0.6) is 0 Å². The molecule has 3 aromatic carbocycles. The standard InChI is InChI=1S/C31H20ClF5N8/c32-23-9-19(8-21-28(17(11-38)12-39-30(21)23)42-20-10-26(36)31(37)40-13-20)41-29(16-4-6-18(33)7-5-16)27-15-45(44-43-27)14-22-24(34)2-1-3-25(22)35/h1-10,12-13,15,29,41,43-44H,14H2,(H,39,42)/i29D. The summed E-state index contributed by atoms with van der Waals surface area (Å²) in [7, 11) is 0. The van der Waals surface area contributed by atoms with Crippen LogP contribution in [0.25, 0.3) is 10.9 Å². The molecule has 3 heterocycles. The predicted octanol–water partition coefficient (Wildman–Crippen LogP) is 7.11. The summed E-state index contributed by atoms with van der Waals surface area (Å²) in [5.74, 6) is -4.55. The Balaban J connectivity index is 1.42. The average Bonchev–Trinajstić information content (AvgIpc) is 3.51. The molecule has 6 rings (SSSR count). The number of nitrogens with one attached hydrogen (secondary N) is 4. The van der Waals surface area contributed by atoms with Gasteiger partial charge < -0.3 is 16.1 Å². The van der Waals surface area contributed by atoms with Gasteiger partial charge in [-0.05, 0) is 42.0 Å². The second-order valence-electron chi connectivity index (χ2n) is 9.75. The van der Waals surface area contributed by atoms with Crippen molar-refractivity contribution in [2.24, 2.45) is 0 Å². The van der Waals surface area contributed by atoms with Gasteiger partial charge in [-0.3, -0.25) is 9.99 Å². The molecule has 0 fully saturated rings. The number of nitriles is 1. The zero-order chi connectivity index (χ0) is 32.6. The molecule has 0 amide bonds. The Morgan fingerprint density at radius 2 is 1.71 bits per heavy atom. The Labute approximate surface area is 259 Å². The van der Waals surface area contributed by atoms with Gasteiger partial charge in [0.2, 0.25) is 5.95 Å². The predicted molar refractivity (Wildman–Crippen MR) is 158 cm³/mol. The summed E-state index contributed by atoms with van der Waals surface area (Å²) in [6, 6.07) is 12.6. The molecule has 14 heteroatoms. The molecule has 1 unspecified atom stereocenters. The maximum absolute atomic E-state index is 14.4. The van der Waals surface area contributed by atoms with Crippen LogP contribution in [0.1, 0.15) is 24.1 Å². The van der Waals surface area contributed by atoms with Gasteiger partial charge in [-0.15, -0.1) is 5.53 Å². The maximum Gasteiger partial charge on any atom is 0.249 e. The minimum Gasteiger partial charge on any atom is -0.373 e. The van der Waals surface area contributed by atoms with Crippen LogP contribution in [-0.2, 0) is 6.54 Å². The molecule has 8 nitrogen and oxygen atoms in total. The number of benzene rings is 3. The zero-order valence-corrected chi connectivity index (χ0v) is 23.5. The van der Waals surface area contributed by atoms with Crippen LogP contribution in [0, 0.1) is 40.5 Å². The smallest absolute Gasteiger partial charge is 0.249 e. The number of anilines is 3. The normalized spacial score (nSPS) is 14.3. The summed E-state index contributed by atoms with van der Waals surface area (Å²) in [5.41, 5.74) is 6.53. The number of hydrazine groups is 2. The monoisotopic (exact) mass is 635 g/mol. The summed E-state index contributed by atoms with van der Waals surface area (Å²) in [6.07, 6.45) is 3.73. The Morgan fingerprint density at radius 3 is 2.42 bits per heavy atom. The third-order valence-corrected chi connectivity index (χ3v) is 7.08. The van der Waals surface area contributed by atoms with Crippen molar-refractivity contribution in [3.05, 3.63) is 136 Å². The van der Waals surface area contributed by atoms with Crippen molar-refractivity contribution < 1.29 is 23.3 Å². The Hall–Kier alpha value is -5.45. The summed E-state index contributed by atoms with van der Waals surface area (Å²) >= 11 is 6.61. The van der Waals surface area contributed by atoms with Crippen molar-refractivity contribution >= 4 is 39.6 Å². The zero-order valence-electron chi connectivity index (χ0n) is 23.8. The van der Waals surface area contributed by atoms with Crippen molar-refractivity contribution in [2.45, 2.75) is 12.6 Å². The van der Waals surface area contributed by atoms with Gasteiger partial charge in [-0.25, -0.2) is 22.5 Å². The first kappa shape index (κ1) is 28.3. The molecule has 0 spiro atoms. The third-order valence-electron chi connectivity index (χ3n) is 6.79. The number of hydrogen-bond donors (Lipinski definition) is 4. The first-order valence-corrected chi connectivity index (χ1v) is 13.5. The fraction of sp³-hybridized carbons (Fsp3) is 0.0645. The molecule has 45 heavy (non-hydrogen) atoms. The molecular formula is C31H20ClF5N8. The maximum atomic E-state index is 14.4. The van der Waals surface area contributed by atoms with E-state index in [4.69, 9.17) is 11.6 Å². The average molecular weight is 636 g/mol. The molecule has 4 N–H and O–H groups in total. The molecule has 5 aromatic rings. The summed E-state index contributed by atoms with van der Waals surface area (Å²) in [5, 5.41) is 17.5. The molecule has 1 atom stereocenters. The lowest BCUT2D eigenvalue weighted by atomic mass is 10.0. The molecule has 0 radical (unpaired) electrons. The lowest BCUT2D eigenvalue weighted by Gasteiger charge is -2.22. The Morgan fingerprint density at radius 1 is 0.956 bits per heavy atom. The molecule has 2 aromatic heterocycles. The van der Waals surface area contributed by atoms with E-state index in [0.717, 1.165) is 24.4 Å². The number of pyridine rings is 2. The minimum atomic E-state index is -1.89. The largest absolute Gasteiger partial charge is 0.373 e. The van der Waals surface area contributed by atoms with Gasteiger partial charge in [-0.2, -0.15) is 9.65 Å². The van der Waals surface area contributed by atoms with E-state index in [1.165, 1.54) is 59.9 Å². The molecular weight excluding hydrogens is 615 g/mol. The molecule has 0 saturated heterocycles. The van der Waals surface area contributed by atoms with Gasteiger partial charge >= 0.3 is 0 Å². The SMILES string of the molecule is [2H]C(Nc1cc(Cl)c2ncc(C#N)c(Nc3cnc(F)c(F)c3)c2c1)(C1=CN(Cc2c(F)cccc2F)NN1)c1ccc(F)cc1. The van der Waals surface area contributed by atoms with Crippen LogP contribution in [0.3, 0.4) is 0 Å². The highest BCUT2D eigenvalue weighted by molar-refractivity contribution is 6.36. The van der Waals surface area contributed by atoms with Crippen molar-refractivity contribution in [3.8, 4) is 6.07 Å². The van der Waals surface area contributed by atoms with Crippen LogP contribution < -0.4 is 21.6 Å². The lowest BCUT2D eigenvalue weighted by Crippen LogP contribution is -2.37. The highest BCUT2D eigenvalue weighted by atomic mass is 35.5. The number of aromatic nitrogens is 2. The number of rotatable bonds is 8. The molecule has 226 valence electrons. The summed E-state index contributed by atoms with van der Waals surface area (Å²) in [4.78, 5) is 7.63. The highest BCUT2D eigenvalue weighted by Gasteiger charge is 2.25. The first-order chi connectivity index (χ1) is 22.0. The second-order valence-corrected chi connectivity index (χ2v) is 10.2. The fourth-order valence-corrected chi connectivity index (χ4v) is 4.93. The highest BCUT2D eigenvalue weighted by Crippen LogP contribution is 2.37. The Bertz CT molecular complexity index is 2040. The third kappa shape index (κ3) is 6.14. The van der Waals surface area contributed by atoms with Crippen LogP contribution in [0.2, 0.25) is 5.02 Å². The van der Waals surface area contributed by atoms with E-state index in [0.29, 0.717) is 0 Å². The van der Waals surface area contributed by atoms with E-state index >= 15 is 0 Å². The molecule has 0 saturated carbocycles. The number of halogens is 6. The van der Waals surface area contributed by atoms with Gasteiger partial charge in [0.05, 0.1) is 53.3 Å². The van der Waals surface area contributed by atoms with Crippen LogP contribution >= 0.6 is 11.6 Å². The van der Waals surface area contributed by atoms with E-state index in [1.54, 1.807) is 0 Å². The first-order valence-electron chi connectivity index (χ1n) is 13.6. The van der Waals surface area contributed by atoms with Gasteiger partial charge in [0.15, 0.2) is 5.82 Å². The van der Waals surface area contributed by atoms with Gasteiger partial charge in [0, 0.05) is 35.1 Å². The van der Waals surface area contributed by atoms with Crippen molar-refractivity contribution in [2.75, 3.05) is 10.6 Å². The topological polar surface area (TPSA) is 101 Å². The quantitative estimate of drug-likeness (QED) is 0.106. The van der Waals surface area contributed by atoms with E-state index in [1.807, 2.05) is 6.07 Å².